The maximum Gasteiger partial charge on any atom is 0.267 e. The van der Waals surface area contributed by atoms with Crippen LogP contribution in [0.4, 0.5) is 11.4 Å². The third-order valence-electron chi connectivity index (χ3n) is 8.10. The van der Waals surface area contributed by atoms with E-state index in [1.165, 1.54) is 16.9 Å². The van der Waals surface area contributed by atoms with Gasteiger partial charge in [-0.2, -0.15) is 0 Å². The molecule has 0 unspecified atom stereocenters. The maximum atomic E-state index is 13.7. The van der Waals surface area contributed by atoms with E-state index in [0.29, 0.717) is 49.4 Å². The van der Waals surface area contributed by atoms with Crippen LogP contribution in [0.15, 0.2) is 109 Å². The number of pyridine rings is 1. The van der Waals surface area contributed by atoms with E-state index in [4.69, 9.17) is 20.2 Å². The Morgan fingerprint density at radius 3 is 2.29 bits per heavy atom. The molecule has 3 N–H and O–H groups in total. The number of amides is 1. The van der Waals surface area contributed by atoms with Crippen molar-refractivity contribution in [2.45, 2.75) is 19.8 Å². The summed E-state index contributed by atoms with van der Waals surface area (Å²) in [6.45, 7) is 4.29. The summed E-state index contributed by atoms with van der Waals surface area (Å²) in [6, 6.07) is 32.5. The van der Waals surface area contributed by atoms with Gasteiger partial charge >= 0.3 is 0 Å². The monoisotopic (exact) mass is 653 g/mol. The SMILES string of the molecule is COc1ccc(-c2cc(-c3ccccc3)nc3sc(C(=O)Nc4cccc(C(=O)/C=C/c5ccc(C(C)C)cc5)c4)c(N)c23)cc1OC. The highest BCUT2D eigenvalue weighted by molar-refractivity contribution is 7.21. The van der Waals surface area contributed by atoms with Crippen LogP contribution in [-0.2, 0) is 0 Å². The van der Waals surface area contributed by atoms with E-state index < -0.39 is 0 Å². The summed E-state index contributed by atoms with van der Waals surface area (Å²) in [6.07, 6.45) is 3.34. The Balaban J connectivity index is 1.32. The van der Waals surface area contributed by atoms with Gasteiger partial charge in [-0.25, -0.2) is 4.98 Å². The molecule has 1 amide bonds. The lowest BCUT2D eigenvalue weighted by Gasteiger charge is -2.12. The number of anilines is 2. The number of ether oxygens (including phenoxy) is 2. The van der Waals surface area contributed by atoms with Crippen LogP contribution in [-0.4, -0.2) is 30.9 Å². The third-order valence-corrected chi connectivity index (χ3v) is 9.20. The highest BCUT2D eigenvalue weighted by atomic mass is 32.1. The van der Waals surface area contributed by atoms with Gasteiger partial charge in [0.05, 0.1) is 25.6 Å². The van der Waals surface area contributed by atoms with Gasteiger partial charge in [0, 0.05) is 22.2 Å². The Morgan fingerprint density at radius 2 is 1.58 bits per heavy atom. The minimum Gasteiger partial charge on any atom is -0.493 e. The van der Waals surface area contributed by atoms with Gasteiger partial charge in [0.2, 0.25) is 0 Å². The van der Waals surface area contributed by atoms with Crippen molar-refractivity contribution in [3.63, 3.8) is 0 Å². The van der Waals surface area contributed by atoms with Gasteiger partial charge in [-0.05, 0) is 64.6 Å². The third kappa shape index (κ3) is 6.70. The molecule has 0 atom stereocenters. The first kappa shape index (κ1) is 32.2. The number of nitrogens with one attached hydrogen (secondary N) is 1. The molecule has 0 fully saturated rings. The first-order chi connectivity index (χ1) is 23.2. The van der Waals surface area contributed by atoms with Crippen LogP contribution in [0.3, 0.4) is 0 Å². The average molecular weight is 654 g/mol. The molecule has 0 saturated carbocycles. The number of hydrogen-bond donors (Lipinski definition) is 2. The van der Waals surface area contributed by atoms with Gasteiger partial charge < -0.3 is 20.5 Å². The van der Waals surface area contributed by atoms with E-state index >= 15 is 0 Å². The Labute approximate surface area is 283 Å². The first-order valence-corrected chi connectivity index (χ1v) is 16.3. The molecule has 240 valence electrons. The second-order valence-electron chi connectivity index (χ2n) is 11.6. The molecule has 6 aromatic rings. The second-order valence-corrected chi connectivity index (χ2v) is 12.6. The van der Waals surface area contributed by atoms with Crippen molar-refractivity contribution < 1.29 is 19.1 Å². The van der Waals surface area contributed by atoms with Crippen molar-refractivity contribution in [2.75, 3.05) is 25.3 Å². The Morgan fingerprint density at radius 1 is 0.833 bits per heavy atom. The molecular formula is C40H35N3O4S. The molecule has 0 radical (unpaired) electrons. The molecule has 48 heavy (non-hydrogen) atoms. The van der Waals surface area contributed by atoms with Crippen LogP contribution in [0.5, 0.6) is 11.5 Å². The van der Waals surface area contributed by atoms with Crippen molar-refractivity contribution in [1.82, 2.24) is 4.98 Å². The standard InChI is InChI=1S/C40H35N3O4S/c1-24(2)26-16-13-25(14-17-26)15-19-33(44)29-11-8-12-30(21-29)42-39(45)38-37(41)36-31(28-18-20-34(46-3)35(22-28)47-4)23-32(43-40(36)48-38)27-9-6-5-7-10-27/h5-24H,41H2,1-4H3,(H,42,45)/b19-15+. The Kier molecular flexibility index (Phi) is 9.36. The molecule has 4 aromatic carbocycles. The Bertz CT molecular complexity index is 2150. The zero-order valence-corrected chi connectivity index (χ0v) is 27.9. The summed E-state index contributed by atoms with van der Waals surface area (Å²) < 4.78 is 11.0. The van der Waals surface area contributed by atoms with Crippen LogP contribution in [0.2, 0.25) is 0 Å². The lowest BCUT2D eigenvalue weighted by Crippen LogP contribution is -2.12. The first-order valence-electron chi connectivity index (χ1n) is 15.5. The summed E-state index contributed by atoms with van der Waals surface area (Å²) in [4.78, 5) is 32.6. The fraction of sp³-hybridized carbons (Fsp3) is 0.125. The topological polar surface area (TPSA) is 104 Å². The predicted octanol–water partition coefficient (Wildman–Crippen LogP) is 9.50. The highest BCUT2D eigenvalue weighted by Gasteiger charge is 2.23. The molecule has 0 spiro atoms. The minimum absolute atomic E-state index is 0.169. The number of fused-ring (bicyclic) bond motifs is 1. The van der Waals surface area contributed by atoms with Gasteiger partial charge in [0.15, 0.2) is 17.3 Å². The van der Waals surface area contributed by atoms with Crippen molar-refractivity contribution in [3.8, 4) is 33.9 Å². The van der Waals surface area contributed by atoms with Gasteiger partial charge in [-0.3, -0.25) is 9.59 Å². The van der Waals surface area contributed by atoms with Crippen molar-refractivity contribution in [3.05, 3.63) is 131 Å². The van der Waals surface area contributed by atoms with E-state index in [1.807, 2.05) is 66.7 Å². The summed E-state index contributed by atoms with van der Waals surface area (Å²) in [5.74, 6) is 1.05. The number of nitrogens with zero attached hydrogens (tertiary/aromatic N) is 1. The fourth-order valence-electron chi connectivity index (χ4n) is 5.48. The lowest BCUT2D eigenvalue weighted by atomic mass is 9.99. The number of benzene rings is 4. The number of carbonyl (C=O) groups excluding carboxylic acids is 2. The number of aromatic nitrogens is 1. The normalized spacial score (nSPS) is 11.3. The number of hydrogen-bond acceptors (Lipinski definition) is 7. The van der Waals surface area contributed by atoms with Crippen molar-refractivity contribution in [2.24, 2.45) is 0 Å². The van der Waals surface area contributed by atoms with E-state index in [2.05, 4.69) is 31.3 Å². The molecule has 6 rings (SSSR count). The molecular weight excluding hydrogens is 619 g/mol. The van der Waals surface area contributed by atoms with Crippen molar-refractivity contribution in [1.29, 1.82) is 0 Å². The average Bonchev–Trinajstić information content (AvgIpc) is 3.46. The molecule has 2 heterocycles. The van der Waals surface area contributed by atoms with Gasteiger partial charge in [0.1, 0.15) is 9.71 Å². The van der Waals surface area contributed by atoms with Crippen LogP contribution >= 0.6 is 11.3 Å². The number of thiophene rings is 1. The van der Waals surface area contributed by atoms with Crippen LogP contribution in [0.25, 0.3) is 38.7 Å². The zero-order chi connectivity index (χ0) is 33.8. The van der Waals surface area contributed by atoms with Gasteiger partial charge in [0.25, 0.3) is 5.91 Å². The van der Waals surface area contributed by atoms with Crippen LogP contribution < -0.4 is 20.5 Å². The molecule has 7 nitrogen and oxygen atoms in total. The van der Waals surface area contributed by atoms with E-state index in [0.717, 1.165) is 27.9 Å². The Hall–Kier alpha value is -5.73. The largest absolute Gasteiger partial charge is 0.493 e. The van der Waals surface area contributed by atoms with Crippen LogP contribution in [0, 0.1) is 0 Å². The summed E-state index contributed by atoms with van der Waals surface area (Å²) >= 11 is 1.22. The number of nitrogens with two attached hydrogens (primary N) is 1. The number of ketones is 1. The molecule has 0 saturated heterocycles. The number of rotatable bonds is 10. The van der Waals surface area contributed by atoms with E-state index in [9.17, 15) is 9.59 Å². The molecule has 0 bridgehead atoms. The number of methoxy groups -OCH3 is 2. The summed E-state index contributed by atoms with van der Waals surface area (Å²) in [5.41, 5.74) is 13.5. The highest BCUT2D eigenvalue weighted by Crippen LogP contribution is 2.43. The number of allylic oxidation sites excluding steroid dienone is 1. The van der Waals surface area contributed by atoms with E-state index in [1.54, 1.807) is 50.6 Å². The smallest absolute Gasteiger partial charge is 0.267 e. The molecule has 0 aliphatic rings. The predicted molar refractivity (Wildman–Crippen MR) is 196 cm³/mol. The second kappa shape index (κ2) is 13.9. The molecule has 0 aliphatic carbocycles. The quantitative estimate of drug-likeness (QED) is 0.113. The van der Waals surface area contributed by atoms with Crippen LogP contribution in [0.1, 0.15) is 50.9 Å². The van der Waals surface area contributed by atoms with Crippen molar-refractivity contribution >= 4 is 50.7 Å². The number of nitrogen functional groups attached to an aromatic ring is 1. The van der Waals surface area contributed by atoms with Gasteiger partial charge in [-0.15, -0.1) is 11.3 Å². The minimum atomic E-state index is -0.389. The maximum absolute atomic E-state index is 13.7. The van der Waals surface area contributed by atoms with E-state index in [-0.39, 0.29) is 11.7 Å². The zero-order valence-electron chi connectivity index (χ0n) is 27.1. The summed E-state index contributed by atoms with van der Waals surface area (Å²) in [5, 5.41) is 3.61. The lowest BCUT2D eigenvalue weighted by molar-refractivity contribution is 0.102. The molecule has 0 aliphatic heterocycles. The molecule has 2 aromatic heterocycles. The fourth-order valence-corrected chi connectivity index (χ4v) is 6.49. The van der Waals surface area contributed by atoms with Gasteiger partial charge in [-0.1, -0.05) is 92.7 Å². The summed E-state index contributed by atoms with van der Waals surface area (Å²) in [7, 11) is 3.18. The molecule has 8 heteroatoms. The number of carbonyl (C=O) groups is 2.